The summed E-state index contributed by atoms with van der Waals surface area (Å²) in [4.78, 5) is 21.4. The van der Waals surface area contributed by atoms with E-state index in [9.17, 15) is 28.4 Å². The summed E-state index contributed by atoms with van der Waals surface area (Å²) in [5.74, 6) is -1.60. The topological polar surface area (TPSA) is 200 Å². The second-order valence-corrected chi connectivity index (χ2v) is 9.64. The monoisotopic (exact) mass is 506 g/mol. The van der Waals surface area contributed by atoms with Crippen molar-refractivity contribution in [2.75, 3.05) is 5.73 Å². The lowest BCUT2D eigenvalue weighted by atomic mass is 10.1. The number of anilines is 1. The smallest absolute Gasteiger partial charge is 0.339 e. The molecule has 0 aliphatic heterocycles. The van der Waals surface area contributed by atoms with Gasteiger partial charge in [-0.2, -0.15) is 0 Å². The number of hydrogen-bond acceptors (Lipinski definition) is 8. The number of rotatable bonds is 7. The van der Waals surface area contributed by atoms with Crippen LogP contribution in [0.15, 0.2) is 82.6 Å². The van der Waals surface area contributed by atoms with Crippen LogP contribution in [0.5, 0.6) is 11.5 Å². The van der Waals surface area contributed by atoms with Gasteiger partial charge < -0.3 is 21.3 Å². The van der Waals surface area contributed by atoms with Crippen molar-refractivity contribution in [1.82, 2.24) is 0 Å². The van der Waals surface area contributed by atoms with Gasteiger partial charge in [0.2, 0.25) is 9.84 Å². The molecule has 36 heavy (non-hydrogen) atoms. The lowest BCUT2D eigenvalue weighted by Crippen LogP contribution is -2.10. The number of carboxylic acid groups (broad SMARTS) is 1. The lowest BCUT2D eigenvalue weighted by molar-refractivity contribution is -0.385. The fraction of sp³-hybridized carbons (Fsp3) is 0. The molecular formula is C24H18N4O7S. The molecule has 0 saturated heterocycles. The summed E-state index contributed by atoms with van der Waals surface area (Å²) in [6.45, 7) is 0. The third-order valence-corrected chi connectivity index (χ3v) is 7.04. The molecule has 4 aromatic rings. The van der Waals surface area contributed by atoms with Crippen LogP contribution in [0, 0.1) is 15.5 Å². The number of fused-ring (bicyclic) bond motifs is 1. The minimum absolute atomic E-state index is 0.0868. The minimum Gasteiger partial charge on any atom is -0.478 e. The number of nitrogens with two attached hydrogens (primary N) is 2. The Balaban J connectivity index is 1.76. The molecule has 0 fully saturated rings. The van der Waals surface area contributed by atoms with Crippen LogP contribution in [-0.4, -0.2) is 30.3 Å². The first kappa shape index (κ1) is 24.2. The van der Waals surface area contributed by atoms with Gasteiger partial charge in [0.05, 0.1) is 20.4 Å². The second kappa shape index (κ2) is 9.00. The Kier molecular flexibility index (Phi) is 6.04. The van der Waals surface area contributed by atoms with Gasteiger partial charge in [0.15, 0.2) is 5.75 Å². The van der Waals surface area contributed by atoms with Crippen molar-refractivity contribution in [2.24, 2.45) is 5.73 Å². The molecule has 0 aliphatic rings. The number of nitrogens with zero attached hydrogens (tertiary/aromatic N) is 1. The van der Waals surface area contributed by atoms with E-state index >= 15 is 0 Å². The van der Waals surface area contributed by atoms with Crippen LogP contribution in [0.4, 0.5) is 11.4 Å². The van der Waals surface area contributed by atoms with E-state index < -0.39 is 36.9 Å². The van der Waals surface area contributed by atoms with Crippen LogP contribution in [0.1, 0.15) is 15.9 Å². The Morgan fingerprint density at radius 3 is 2.33 bits per heavy atom. The van der Waals surface area contributed by atoms with Crippen molar-refractivity contribution < 1.29 is 28.0 Å². The highest BCUT2D eigenvalue weighted by Gasteiger charge is 2.26. The summed E-state index contributed by atoms with van der Waals surface area (Å²) >= 11 is 0. The van der Waals surface area contributed by atoms with Gasteiger partial charge in [-0.25, -0.2) is 13.2 Å². The molecule has 0 saturated carbocycles. The SMILES string of the molecule is N=C(N)c1ccc2cc(Oc3c(N)cc(S(=O)(=O)c4cccc([N+](=O)[O-])c4)cc3C(=O)O)ccc2c1. The van der Waals surface area contributed by atoms with E-state index in [1.165, 1.54) is 6.07 Å². The number of sulfone groups is 1. The number of nitro benzene ring substituents is 1. The zero-order chi connectivity index (χ0) is 26.2. The predicted octanol–water partition coefficient (Wildman–Crippen LogP) is 3.94. The maximum atomic E-state index is 13.1. The van der Waals surface area contributed by atoms with E-state index in [2.05, 4.69) is 0 Å². The molecule has 4 aromatic carbocycles. The van der Waals surface area contributed by atoms with Crippen LogP contribution in [0.3, 0.4) is 0 Å². The first-order chi connectivity index (χ1) is 17.0. The number of nitrogen functional groups attached to an aromatic ring is 2. The number of nitro groups is 1. The van der Waals surface area contributed by atoms with Gasteiger partial charge in [0, 0.05) is 17.7 Å². The normalized spacial score (nSPS) is 11.2. The minimum atomic E-state index is -4.33. The maximum Gasteiger partial charge on any atom is 0.339 e. The van der Waals surface area contributed by atoms with Gasteiger partial charge in [0.25, 0.3) is 5.69 Å². The van der Waals surface area contributed by atoms with Gasteiger partial charge in [-0.3, -0.25) is 15.5 Å². The molecule has 0 spiro atoms. The Hall–Kier alpha value is -4.97. The number of benzene rings is 4. The zero-order valence-corrected chi connectivity index (χ0v) is 19.2. The third-order valence-electron chi connectivity index (χ3n) is 5.31. The standard InChI is InChI=1S/C24H18N4O7S/c25-21-12-19(36(33,34)18-3-1-2-16(10-18)28(31)32)11-20(24(29)30)22(21)35-17-7-6-13-8-15(23(26)27)5-4-14(13)9-17/h1-12H,25H2,(H3,26,27)(H,29,30). The average Bonchev–Trinajstić information content (AvgIpc) is 2.84. The van der Waals surface area contributed by atoms with Gasteiger partial charge in [-0.05, 0) is 47.2 Å². The Labute approximate surface area is 204 Å². The van der Waals surface area contributed by atoms with Crippen molar-refractivity contribution in [3.63, 3.8) is 0 Å². The summed E-state index contributed by atoms with van der Waals surface area (Å²) in [6, 6.07) is 16.3. The molecule has 0 aromatic heterocycles. The molecule has 11 nitrogen and oxygen atoms in total. The van der Waals surface area contributed by atoms with Crippen molar-refractivity contribution in [3.8, 4) is 11.5 Å². The van der Waals surface area contributed by atoms with E-state index in [1.54, 1.807) is 36.4 Å². The number of hydrogen-bond donors (Lipinski definition) is 4. The summed E-state index contributed by atoms with van der Waals surface area (Å²) in [5.41, 5.74) is 10.9. The molecule has 0 atom stereocenters. The molecule has 0 bridgehead atoms. The molecule has 0 unspecified atom stereocenters. The van der Waals surface area contributed by atoms with Crippen molar-refractivity contribution in [3.05, 3.63) is 94.0 Å². The second-order valence-electron chi connectivity index (χ2n) is 7.69. The highest BCUT2D eigenvalue weighted by atomic mass is 32.2. The van der Waals surface area contributed by atoms with Crippen molar-refractivity contribution in [2.45, 2.75) is 9.79 Å². The number of carboxylic acids is 1. The summed E-state index contributed by atoms with van der Waals surface area (Å²) in [5, 5.41) is 29.8. The molecule has 0 radical (unpaired) electrons. The van der Waals surface area contributed by atoms with Gasteiger partial charge in [0.1, 0.15) is 17.1 Å². The quantitative estimate of drug-likeness (QED) is 0.0941. The zero-order valence-electron chi connectivity index (χ0n) is 18.3. The largest absolute Gasteiger partial charge is 0.478 e. The average molecular weight is 506 g/mol. The van der Waals surface area contributed by atoms with Crippen LogP contribution in [0.2, 0.25) is 0 Å². The molecule has 0 amide bonds. The van der Waals surface area contributed by atoms with E-state index in [1.807, 2.05) is 0 Å². The van der Waals surface area contributed by atoms with Crippen LogP contribution >= 0.6 is 0 Å². The summed E-state index contributed by atoms with van der Waals surface area (Å²) in [6.07, 6.45) is 0. The Morgan fingerprint density at radius 2 is 1.67 bits per heavy atom. The number of amidine groups is 1. The first-order valence-corrected chi connectivity index (χ1v) is 11.7. The lowest BCUT2D eigenvalue weighted by Gasteiger charge is -2.14. The van der Waals surface area contributed by atoms with E-state index in [0.29, 0.717) is 5.56 Å². The number of nitrogens with one attached hydrogen (secondary N) is 1. The fourth-order valence-electron chi connectivity index (χ4n) is 3.52. The van der Waals surface area contributed by atoms with Crippen LogP contribution in [0.25, 0.3) is 10.8 Å². The highest BCUT2D eigenvalue weighted by molar-refractivity contribution is 7.91. The van der Waals surface area contributed by atoms with Crippen LogP contribution in [-0.2, 0) is 9.84 Å². The van der Waals surface area contributed by atoms with Crippen LogP contribution < -0.4 is 16.2 Å². The first-order valence-electron chi connectivity index (χ1n) is 10.2. The predicted molar refractivity (Wildman–Crippen MR) is 131 cm³/mol. The van der Waals surface area contributed by atoms with E-state index in [4.69, 9.17) is 21.6 Å². The molecule has 182 valence electrons. The molecule has 0 heterocycles. The Bertz CT molecular complexity index is 1680. The highest BCUT2D eigenvalue weighted by Crippen LogP contribution is 2.37. The Morgan fingerprint density at radius 1 is 0.972 bits per heavy atom. The number of carbonyl (C=O) groups is 1. The molecule has 0 aliphatic carbocycles. The van der Waals surface area contributed by atoms with E-state index in [0.717, 1.165) is 41.1 Å². The van der Waals surface area contributed by atoms with Gasteiger partial charge in [-0.15, -0.1) is 0 Å². The molecule has 12 heteroatoms. The van der Waals surface area contributed by atoms with E-state index in [-0.39, 0.29) is 27.9 Å². The molecular weight excluding hydrogens is 488 g/mol. The summed E-state index contributed by atoms with van der Waals surface area (Å²) < 4.78 is 31.9. The molecule has 4 rings (SSSR count). The van der Waals surface area contributed by atoms with Crippen molar-refractivity contribution in [1.29, 1.82) is 5.41 Å². The maximum absolute atomic E-state index is 13.1. The third kappa shape index (κ3) is 4.52. The van der Waals surface area contributed by atoms with Gasteiger partial charge >= 0.3 is 5.97 Å². The molecule has 6 N–H and O–H groups in total. The number of ether oxygens (including phenoxy) is 1. The van der Waals surface area contributed by atoms with Gasteiger partial charge in [-0.1, -0.05) is 24.3 Å². The van der Waals surface area contributed by atoms with Crippen molar-refractivity contribution >= 4 is 43.8 Å². The number of aromatic carboxylic acids is 1. The number of non-ortho nitro benzene ring substituents is 1. The fourth-order valence-corrected chi connectivity index (χ4v) is 4.89. The summed E-state index contributed by atoms with van der Waals surface area (Å²) in [7, 11) is -4.33.